The van der Waals surface area contributed by atoms with Crippen molar-refractivity contribution in [3.05, 3.63) is 129 Å². The van der Waals surface area contributed by atoms with E-state index in [0.29, 0.717) is 0 Å². The summed E-state index contributed by atoms with van der Waals surface area (Å²) in [4.78, 5) is 0. The molecule has 0 amide bonds. The third-order valence-corrected chi connectivity index (χ3v) is 29.2. The van der Waals surface area contributed by atoms with Gasteiger partial charge in [-0.3, -0.25) is 0 Å². The van der Waals surface area contributed by atoms with Gasteiger partial charge in [0.15, 0.2) is 0 Å². The second kappa shape index (κ2) is 11.9. The number of hydrogen-bond donors (Lipinski definition) is 0. The van der Waals surface area contributed by atoms with Crippen molar-refractivity contribution in [2.45, 2.75) is 26.2 Å². The summed E-state index contributed by atoms with van der Waals surface area (Å²) in [6, 6.07) is 45.5. The third kappa shape index (κ3) is 5.23. The van der Waals surface area contributed by atoms with Gasteiger partial charge in [-0.1, -0.05) is 0 Å². The Bertz CT molecular complexity index is 1010. The van der Waals surface area contributed by atoms with Crippen LogP contribution in [0.1, 0.15) is 26.2 Å². The third-order valence-electron chi connectivity index (χ3n) is 5.85. The van der Waals surface area contributed by atoms with Gasteiger partial charge >= 0.3 is 209 Å². The number of unbranched alkanes of at least 4 members (excludes halogenated alkanes) is 2. The second-order valence-electron chi connectivity index (χ2n) is 7.97. The van der Waals surface area contributed by atoms with E-state index in [1.807, 2.05) is 0 Å². The van der Waals surface area contributed by atoms with Crippen LogP contribution in [0.5, 0.6) is 0 Å². The molecular formula is C30H30SnTe. The number of benzene rings is 4. The molecule has 4 aromatic carbocycles. The van der Waals surface area contributed by atoms with Crippen molar-refractivity contribution in [1.29, 1.82) is 0 Å². The number of allylic oxidation sites excluding steroid dienone is 1. The molecular weight excluding hydrogens is 607 g/mol. The minimum atomic E-state index is -3.43. The molecule has 0 aliphatic rings. The molecule has 2 heteroatoms. The van der Waals surface area contributed by atoms with Gasteiger partial charge in [-0.2, -0.15) is 0 Å². The van der Waals surface area contributed by atoms with Gasteiger partial charge in [-0.05, 0) is 0 Å². The van der Waals surface area contributed by atoms with E-state index >= 15 is 0 Å². The molecule has 0 aliphatic heterocycles. The average molecular weight is 637 g/mol. The molecule has 0 N–H and O–H groups in total. The Balaban J connectivity index is 2.02. The molecule has 160 valence electrons. The zero-order chi connectivity index (χ0) is 22.1. The van der Waals surface area contributed by atoms with Crippen LogP contribution >= 0.6 is 0 Å². The zero-order valence-electron chi connectivity index (χ0n) is 18.7. The van der Waals surface area contributed by atoms with Crippen LogP contribution in [0, 0.1) is 0 Å². The van der Waals surface area contributed by atoms with Crippen molar-refractivity contribution < 1.29 is 0 Å². The molecule has 4 aromatic rings. The summed E-state index contributed by atoms with van der Waals surface area (Å²) in [5, 5.41) is 0. The van der Waals surface area contributed by atoms with E-state index in [0.717, 1.165) is 0 Å². The van der Waals surface area contributed by atoms with E-state index in [9.17, 15) is 0 Å². The Morgan fingerprint density at radius 2 is 1.03 bits per heavy atom. The molecule has 0 saturated carbocycles. The molecule has 4 rings (SSSR count). The summed E-state index contributed by atoms with van der Waals surface area (Å²) in [7, 11) is 0. The summed E-state index contributed by atoms with van der Waals surface area (Å²) < 4.78 is 7.99. The summed E-state index contributed by atoms with van der Waals surface area (Å²) in [5.74, 6) is 0. The van der Waals surface area contributed by atoms with Gasteiger partial charge in [0.1, 0.15) is 0 Å². The Kier molecular flexibility index (Phi) is 8.68. The van der Waals surface area contributed by atoms with E-state index in [1.165, 1.54) is 22.9 Å². The zero-order valence-corrected chi connectivity index (χ0v) is 23.8. The van der Waals surface area contributed by atoms with E-state index in [1.54, 1.807) is 12.4 Å². The van der Waals surface area contributed by atoms with Crippen molar-refractivity contribution in [2.24, 2.45) is 0 Å². The van der Waals surface area contributed by atoms with Crippen LogP contribution in [-0.2, 0) is 0 Å². The van der Waals surface area contributed by atoms with Crippen molar-refractivity contribution in [1.82, 2.24) is 0 Å². The topological polar surface area (TPSA) is 0 Å². The van der Waals surface area contributed by atoms with Crippen LogP contribution < -0.4 is 14.3 Å². The monoisotopic (exact) mass is 640 g/mol. The molecule has 0 spiro atoms. The maximum atomic E-state index is 2.67. The predicted molar refractivity (Wildman–Crippen MR) is 143 cm³/mol. The quantitative estimate of drug-likeness (QED) is 0.183. The van der Waals surface area contributed by atoms with Crippen molar-refractivity contribution in [3.63, 3.8) is 0 Å². The fraction of sp³-hybridized carbons (Fsp3) is 0.133. The average Bonchev–Trinajstić information content (AvgIpc) is 2.87. The molecule has 0 aliphatic carbocycles. The Morgan fingerprint density at radius 3 is 1.44 bits per heavy atom. The SMILES string of the molecule is CCCC/C=[C](/[Te]c1ccccc1)[Sn]([c]1ccccc1)([c]1ccccc1)[c]1ccccc1. The van der Waals surface area contributed by atoms with Crippen molar-refractivity contribution >= 4 is 53.6 Å². The van der Waals surface area contributed by atoms with Gasteiger partial charge < -0.3 is 0 Å². The first-order chi connectivity index (χ1) is 15.9. The number of rotatable bonds is 9. The maximum absolute atomic E-state index is 3.43. The van der Waals surface area contributed by atoms with Gasteiger partial charge in [0.05, 0.1) is 0 Å². The van der Waals surface area contributed by atoms with Crippen LogP contribution in [-0.4, -0.2) is 39.3 Å². The molecule has 0 saturated heterocycles. The predicted octanol–water partition coefficient (Wildman–Crippen LogP) is 4.80. The van der Waals surface area contributed by atoms with Crippen molar-refractivity contribution in [3.8, 4) is 0 Å². The fourth-order valence-corrected chi connectivity index (χ4v) is 31.3. The molecule has 0 fully saturated rings. The number of hydrogen-bond acceptors (Lipinski definition) is 0. The minimum absolute atomic E-state index is 0.503. The van der Waals surface area contributed by atoms with Crippen LogP contribution in [0.2, 0.25) is 0 Å². The van der Waals surface area contributed by atoms with E-state index in [4.69, 9.17) is 0 Å². The normalized spacial score (nSPS) is 12.0. The van der Waals surface area contributed by atoms with Crippen LogP contribution in [0.15, 0.2) is 129 Å². The van der Waals surface area contributed by atoms with Crippen molar-refractivity contribution in [2.75, 3.05) is 0 Å². The molecule has 0 nitrogen and oxygen atoms in total. The Morgan fingerprint density at radius 1 is 0.625 bits per heavy atom. The van der Waals surface area contributed by atoms with Crippen LogP contribution in [0.3, 0.4) is 0 Å². The Hall–Kier alpha value is -1.79. The van der Waals surface area contributed by atoms with Crippen LogP contribution in [0.4, 0.5) is 0 Å². The molecule has 0 radical (unpaired) electrons. The van der Waals surface area contributed by atoms with Gasteiger partial charge in [0.25, 0.3) is 0 Å². The molecule has 0 atom stereocenters. The van der Waals surface area contributed by atoms with E-state index in [-0.39, 0.29) is 0 Å². The first kappa shape index (κ1) is 23.4. The first-order valence-electron chi connectivity index (χ1n) is 11.5. The van der Waals surface area contributed by atoms with Gasteiger partial charge in [-0.25, -0.2) is 0 Å². The second-order valence-corrected chi connectivity index (χ2v) is 25.1. The summed E-state index contributed by atoms with van der Waals surface area (Å²) in [5.41, 5.74) is 0. The summed E-state index contributed by atoms with van der Waals surface area (Å²) in [6.45, 7) is 2.30. The molecule has 0 unspecified atom stereocenters. The molecule has 32 heavy (non-hydrogen) atoms. The van der Waals surface area contributed by atoms with E-state index in [2.05, 4.69) is 134 Å². The summed E-state index contributed by atoms with van der Waals surface area (Å²) >= 11 is -3.94. The molecule has 0 bridgehead atoms. The fourth-order valence-electron chi connectivity index (χ4n) is 4.32. The Labute approximate surface area is 207 Å². The van der Waals surface area contributed by atoms with Gasteiger partial charge in [0.2, 0.25) is 0 Å². The molecule has 0 heterocycles. The van der Waals surface area contributed by atoms with Gasteiger partial charge in [-0.15, -0.1) is 0 Å². The summed E-state index contributed by atoms with van der Waals surface area (Å²) in [6.07, 6.45) is 6.34. The van der Waals surface area contributed by atoms with Gasteiger partial charge in [0, 0.05) is 0 Å². The van der Waals surface area contributed by atoms with E-state index < -0.39 is 39.3 Å². The van der Waals surface area contributed by atoms with Crippen LogP contribution in [0.25, 0.3) is 0 Å². The first-order valence-corrected chi connectivity index (χ1v) is 19.5. The molecule has 0 aromatic heterocycles. The standard InChI is InChI=1S/C12H15Te.3C6H5.Sn/c1-2-3-4-8-11-13-12-9-6-5-7-10-12;3*1-2-4-6-5-3-1;/h5-10H,2-4H2,1H3;3*1-5H;.